The molecule has 2 rings (SSSR count). The Bertz CT molecular complexity index is 845. The van der Waals surface area contributed by atoms with Gasteiger partial charge in [0.05, 0.1) is 13.7 Å². The van der Waals surface area contributed by atoms with E-state index in [4.69, 9.17) is 9.47 Å². The van der Waals surface area contributed by atoms with Gasteiger partial charge in [-0.25, -0.2) is 9.78 Å². The number of nitrogens with zero attached hydrogens (tertiary/aromatic N) is 3. The number of hydrogen-bond donors (Lipinski definition) is 0. The number of rotatable bonds is 8. The van der Waals surface area contributed by atoms with Gasteiger partial charge in [-0.3, -0.25) is 19.5 Å². The zero-order valence-electron chi connectivity index (χ0n) is 15.6. The van der Waals surface area contributed by atoms with Gasteiger partial charge in [-0.2, -0.15) is 0 Å². The molecule has 8 nitrogen and oxygen atoms in total. The topological polar surface area (TPSA) is 98.7 Å². The van der Waals surface area contributed by atoms with E-state index in [1.165, 1.54) is 24.3 Å². The maximum absolute atomic E-state index is 12.8. The lowest BCUT2D eigenvalue weighted by atomic mass is 10.1. The van der Waals surface area contributed by atoms with Crippen LogP contribution < -0.4 is 4.90 Å². The van der Waals surface area contributed by atoms with Crippen LogP contribution in [0.4, 0.5) is 5.82 Å². The van der Waals surface area contributed by atoms with Gasteiger partial charge < -0.3 is 9.47 Å². The van der Waals surface area contributed by atoms with E-state index >= 15 is 0 Å². The molecule has 0 atom stereocenters. The van der Waals surface area contributed by atoms with Gasteiger partial charge >= 0.3 is 11.9 Å². The second-order valence-corrected chi connectivity index (χ2v) is 6.56. The molecule has 0 saturated carbocycles. The number of hydrogen-bond acceptors (Lipinski definition) is 7. The quantitative estimate of drug-likeness (QED) is 0.450. The van der Waals surface area contributed by atoms with Crippen LogP contribution in [0, 0.1) is 0 Å². The van der Waals surface area contributed by atoms with E-state index in [1.54, 1.807) is 19.3 Å². The Labute approximate surface area is 171 Å². The van der Waals surface area contributed by atoms with Crippen molar-refractivity contribution in [2.75, 3.05) is 25.2 Å². The third kappa shape index (κ3) is 5.85. The number of carbonyl (C=O) groups excluding carboxylic acids is 3. The number of amides is 1. The van der Waals surface area contributed by atoms with E-state index in [-0.39, 0.29) is 24.5 Å². The minimum atomic E-state index is -0.641. The monoisotopic (exact) mass is 449 g/mol. The summed E-state index contributed by atoms with van der Waals surface area (Å²) in [5.74, 6) is -1.68. The molecule has 0 aromatic carbocycles. The summed E-state index contributed by atoms with van der Waals surface area (Å²) in [6.45, 7) is 2.04. The van der Waals surface area contributed by atoms with E-state index in [2.05, 4.69) is 25.9 Å². The Morgan fingerprint density at radius 2 is 1.93 bits per heavy atom. The first-order valence-electron chi connectivity index (χ1n) is 8.55. The number of ether oxygens (including phenoxy) is 2. The molecule has 28 heavy (non-hydrogen) atoms. The van der Waals surface area contributed by atoms with Crippen molar-refractivity contribution in [3.8, 4) is 0 Å². The third-order valence-corrected chi connectivity index (χ3v) is 4.20. The Morgan fingerprint density at radius 3 is 2.57 bits per heavy atom. The van der Waals surface area contributed by atoms with Gasteiger partial charge in [0, 0.05) is 29.6 Å². The smallest absolute Gasteiger partial charge is 0.341 e. The summed E-state index contributed by atoms with van der Waals surface area (Å²) in [5.41, 5.74) is 1.06. The molecule has 0 aliphatic carbocycles. The Morgan fingerprint density at radius 1 is 1.21 bits per heavy atom. The zero-order valence-corrected chi connectivity index (χ0v) is 17.1. The standard InChI is InChI=1S/C19H20BrN3O5/c1-3-28-17(25)11-16(24)23(9-6-13-4-7-21-8-5-13)18-15(19(26)27-2)10-14(20)12-22-18/h4-5,7-8,10,12H,3,6,9,11H2,1-2H3. The highest BCUT2D eigenvalue weighted by Crippen LogP contribution is 2.24. The van der Waals surface area contributed by atoms with Gasteiger partial charge in [0.2, 0.25) is 5.91 Å². The number of halogens is 1. The molecule has 2 heterocycles. The van der Waals surface area contributed by atoms with Gasteiger partial charge in [-0.05, 0) is 53.0 Å². The summed E-state index contributed by atoms with van der Waals surface area (Å²) in [5, 5.41) is 0. The van der Waals surface area contributed by atoms with Crippen molar-refractivity contribution in [3.05, 3.63) is 52.4 Å². The highest BCUT2D eigenvalue weighted by atomic mass is 79.9. The highest BCUT2D eigenvalue weighted by molar-refractivity contribution is 9.10. The van der Waals surface area contributed by atoms with Gasteiger partial charge in [0.25, 0.3) is 0 Å². The second kappa shape index (κ2) is 10.5. The Kier molecular flexibility index (Phi) is 8.06. The normalized spacial score (nSPS) is 10.2. The van der Waals surface area contributed by atoms with Gasteiger partial charge in [0.15, 0.2) is 0 Å². The molecule has 0 N–H and O–H groups in total. The summed E-state index contributed by atoms with van der Waals surface area (Å²) >= 11 is 3.26. The highest BCUT2D eigenvalue weighted by Gasteiger charge is 2.26. The number of aromatic nitrogens is 2. The molecule has 148 valence electrons. The summed E-state index contributed by atoms with van der Waals surface area (Å²) in [6, 6.07) is 5.17. The van der Waals surface area contributed by atoms with Crippen molar-refractivity contribution in [1.82, 2.24) is 9.97 Å². The predicted octanol–water partition coefficient (Wildman–Crippen LogP) is 2.55. The SMILES string of the molecule is CCOC(=O)CC(=O)N(CCc1ccncc1)c1ncc(Br)cc1C(=O)OC. The molecule has 0 aliphatic rings. The molecular weight excluding hydrogens is 430 g/mol. The van der Waals surface area contributed by atoms with Crippen LogP contribution in [0.15, 0.2) is 41.3 Å². The molecule has 0 bridgehead atoms. The fourth-order valence-corrected chi connectivity index (χ4v) is 2.81. The lowest BCUT2D eigenvalue weighted by Crippen LogP contribution is -2.36. The maximum atomic E-state index is 12.8. The molecule has 0 aliphatic heterocycles. The molecule has 2 aromatic heterocycles. The lowest BCUT2D eigenvalue weighted by molar-refractivity contribution is -0.145. The predicted molar refractivity (Wildman–Crippen MR) is 105 cm³/mol. The minimum absolute atomic E-state index is 0.115. The molecule has 9 heteroatoms. The van der Waals surface area contributed by atoms with Gasteiger partial charge in [-0.1, -0.05) is 0 Å². The number of methoxy groups -OCH3 is 1. The van der Waals surface area contributed by atoms with Crippen molar-refractivity contribution < 1.29 is 23.9 Å². The molecule has 0 spiro atoms. The van der Waals surface area contributed by atoms with E-state index < -0.39 is 24.3 Å². The van der Waals surface area contributed by atoms with E-state index in [9.17, 15) is 14.4 Å². The number of esters is 2. The van der Waals surface area contributed by atoms with Crippen LogP contribution in [0.3, 0.4) is 0 Å². The van der Waals surface area contributed by atoms with Gasteiger partial charge in [-0.15, -0.1) is 0 Å². The summed E-state index contributed by atoms with van der Waals surface area (Å²) in [7, 11) is 1.24. The second-order valence-electron chi connectivity index (χ2n) is 5.65. The van der Waals surface area contributed by atoms with Crippen molar-refractivity contribution in [2.45, 2.75) is 19.8 Å². The van der Waals surface area contributed by atoms with Gasteiger partial charge in [0.1, 0.15) is 17.8 Å². The fourth-order valence-electron chi connectivity index (χ4n) is 2.48. The third-order valence-electron chi connectivity index (χ3n) is 3.77. The van der Waals surface area contributed by atoms with Crippen molar-refractivity contribution in [2.24, 2.45) is 0 Å². The van der Waals surface area contributed by atoms with Crippen LogP contribution in [0.1, 0.15) is 29.3 Å². The number of carbonyl (C=O) groups is 3. The molecule has 1 amide bonds. The van der Waals surface area contributed by atoms with E-state index in [1.807, 2.05) is 12.1 Å². The van der Waals surface area contributed by atoms with Crippen molar-refractivity contribution in [3.63, 3.8) is 0 Å². The van der Waals surface area contributed by atoms with Crippen LogP contribution in [0.5, 0.6) is 0 Å². The van der Waals surface area contributed by atoms with E-state index in [0.29, 0.717) is 10.9 Å². The lowest BCUT2D eigenvalue weighted by Gasteiger charge is -2.23. The first kappa shape index (κ1) is 21.5. The average Bonchev–Trinajstić information content (AvgIpc) is 2.69. The van der Waals surface area contributed by atoms with Crippen molar-refractivity contribution in [1.29, 1.82) is 0 Å². The average molecular weight is 450 g/mol. The molecule has 0 radical (unpaired) electrons. The van der Waals surface area contributed by atoms with Crippen LogP contribution in [0.2, 0.25) is 0 Å². The molecule has 0 unspecified atom stereocenters. The van der Waals surface area contributed by atoms with Crippen LogP contribution in [-0.4, -0.2) is 48.1 Å². The van der Waals surface area contributed by atoms with Crippen LogP contribution in [0.25, 0.3) is 0 Å². The largest absolute Gasteiger partial charge is 0.466 e. The minimum Gasteiger partial charge on any atom is -0.466 e. The van der Waals surface area contributed by atoms with Crippen molar-refractivity contribution >= 4 is 39.6 Å². The fraction of sp³-hybridized carbons (Fsp3) is 0.316. The first-order valence-corrected chi connectivity index (χ1v) is 9.34. The van der Waals surface area contributed by atoms with Crippen LogP contribution in [-0.2, 0) is 25.5 Å². The summed E-state index contributed by atoms with van der Waals surface area (Å²) < 4.78 is 10.2. The molecule has 0 fully saturated rings. The summed E-state index contributed by atoms with van der Waals surface area (Å²) in [4.78, 5) is 46.3. The zero-order chi connectivity index (χ0) is 20.5. The van der Waals surface area contributed by atoms with E-state index in [0.717, 1.165) is 5.56 Å². The maximum Gasteiger partial charge on any atom is 0.341 e. The summed E-state index contributed by atoms with van der Waals surface area (Å²) in [6.07, 6.45) is 4.80. The molecule has 2 aromatic rings. The molecular formula is C19H20BrN3O5. The first-order chi connectivity index (χ1) is 13.5. The molecule has 0 saturated heterocycles. The Balaban J connectivity index is 2.35. The number of pyridine rings is 2. The van der Waals surface area contributed by atoms with Crippen LogP contribution >= 0.6 is 15.9 Å². The number of anilines is 1. The Hall–Kier alpha value is -2.81.